The average molecular weight is 429 g/mol. The van der Waals surface area contributed by atoms with Crippen LogP contribution in [-0.4, -0.2) is 50.6 Å². The zero-order valence-electron chi connectivity index (χ0n) is 16.3. The van der Waals surface area contributed by atoms with Gasteiger partial charge in [0.15, 0.2) is 5.78 Å². The number of ketones is 1. The van der Waals surface area contributed by atoms with Gasteiger partial charge in [0.05, 0.1) is 19.3 Å². The number of Topliss-reactive ketones (excluding diaryl/α,β-unsaturated/α-hetero) is 1. The highest BCUT2D eigenvalue weighted by atomic mass is 32.2. The number of rotatable bonds is 7. The molecule has 0 radical (unpaired) electrons. The summed E-state index contributed by atoms with van der Waals surface area (Å²) in [6, 6.07) is 12.2. The lowest BCUT2D eigenvalue weighted by Gasteiger charge is -2.15. The van der Waals surface area contributed by atoms with Gasteiger partial charge in [-0.3, -0.25) is 9.59 Å². The van der Waals surface area contributed by atoms with Crippen LogP contribution < -0.4 is 4.74 Å². The third kappa shape index (κ3) is 3.97. The van der Waals surface area contributed by atoms with Crippen LogP contribution in [0, 0.1) is 0 Å². The molecular weight excluding hydrogens is 410 g/mol. The van der Waals surface area contributed by atoms with Crippen molar-refractivity contribution in [2.45, 2.75) is 11.8 Å². The Balaban J connectivity index is 1.93. The topological polar surface area (TPSA) is 107 Å². The van der Waals surface area contributed by atoms with Gasteiger partial charge in [0.25, 0.3) is 15.9 Å². The van der Waals surface area contributed by atoms with Gasteiger partial charge in [-0.25, -0.2) is 17.5 Å². The summed E-state index contributed by atoms with van der Waals surface area (Å²) in [4.78, 5) is 37.6. The van der Waals surface area contributed by atoms with E-state index in [0.717, 1.165) is 0 Å². The second-order valence-corrected chi connectivity index (χ2v) is 8.12. The first-order valence-corrected chi connectivity index (χ1v) is 10.5. The molecule has 1 aliphatic heterocycles. The molecule has 0 saturated carbocycles. The molecule has 3 rings (SSSR count). The minimum Gasteiger partial charge on any atom is -0.497 e. The first kappa shape index (κ1) is 21.3. The number of benzene rings is 2. The normalized spacial score (nSPS) is 14.9. The fraction of sp³-hybridized carbons (Fsp3) is 0.190. The van der Waals surface area contributed by atoms with Crippen molar-refractivity contribution >= 4 is 33.8 Å². The number of fused-ring (bicyclic) bond motifs is 1. The summed E-state index contributed by atoms with van der Waals surface area (Å²) >= 11 is 0. The molecule has 1 aliphatic rings. The maximum Gasteiger partial charge on any atom is 0.341 e. The van der Waals surface area contributed by atoms with Gasteiger partial charge in [-0.1, -0.05) is 24.3 Å². The summed E-state index contributed by atoms with van der Waals surface area (Å²) in [5.74, 6) is -1.98. The molecule has 2 aromatic rings. The Bertz CT molecular complexity index is 1130. The molecular formula is C21H19NO7S. The van der Waals surface area contributed by atoms with Crippen molar-refractivity contribution in [1.29, 1.82) is 0 Å². The SMILES string of the molecule is CCOC(=O)/C(=C\c1ccc(OC)cc1)C(=O)CN1C(=O)c2ccccc2S1(=O)=O. The molecule has 0 aliphatic carbocycles. The van der Waals surface area contributed by atoms with Crippen LogP contribution in [0.2, 0.25) is 0 Å². The Hall–Kier alpha value is -3.46. The van der Waals surface area contributed by atoms with Crippen molar-refractivity contribution in [3.8, 4) is 5.75 Å². The Kier molecular flexibility index (Phi) is 6.02. The molecule has 9 heteroatoms. The highest BCUT2D eigenvalue weighted by Crippen LogP contribution is 2.30. The van der Waals surface area contributed by atoms with Crippen LogP contribution in [0.5, 0.6) is 5.75 Å². The van der Waals surface area contributed by atoms with Crippen LogP contribution in [0.25, 0.3) is 6.08 Å². The van der Waals surface area contributed by atoms with E-state index in [4.69, 9.17) is 9.47 Å². The minimum absolute atomic E-state index is 0.0119. The van der Waals surface area contributed by atoms with E-state index in [1.807, 2.05) is 0 Å². The fourth-order valence-corrected chi connectivity index (χ4v) is 4.46. The number of amides is 1. The van der Waals surface area contributed by atoms with Gasteiger partial charge in [0.2, 0.25) is 0 Å². The van der Waals surface area contributed by atoms with E-state index in [9.17, 15) is 22.8 Å². The molecule has 1 heterocycles. The summed E-state index contributed by atoms with van der Waals surface area (Å²) in [6.45, 7) is 0.799. The number of hydrogen-bond donors (Lipinski definition) is 0. The first-order valence-electron chi connectivity index (χ1n) is 9.01. The van der Waals surface area contributed by atoms with Crippen LogP contribution in [0.4, 0.5) is 0 Å². The van der Waals surface area contributed by atoms with Gasteiger partial charge in [-0.05, 0) is 42.8 Å². The van der Waals surface area contributed by atoms with Crippen LogP contribution in [0.3, 0.4) is 0 Å². The molecule has 2 aromatic carbocycles. The van der Waals surface area contributed by atoms with Crippen molar-refractivity contribution < 1.29 is 32.3 Å². The van der Waals surface area contributed by atoms with E-state index in [1.165, 1.54) is 37.5 Å². The van der Waals surface area contributed by atoms with Gasteiger partial charge in [0, 0.05) is 0 Å². The number of esters is 1. The number of carbonyl (C=O) groups excluding carboxylic acids is 3. The van der Waals surface area contributed by atoms with E-state index in [-0.39, 0.29) is 22.6 Å². The predicted octanol–water partition coefficient (Wildman–Crippen LogP) is 2.06. The predicted molar refractivity (Wildman–Crippen MR) is 107 cm³/mol. The number of carbonyl (C=O) groups is 3. The van der Waals surface area contributed by atoms with Crippen molar-refractivity contribution in [1.82, 2.24) is 4.31 Å². The molecule has 8 nitrogen and oxygen atoms in total. The molecule has 156 valence electrons. The second kappa shape index (κ2) is 8.50. The molecule has 0 fully saturated rings. The Labute approximate surface area is 173 Å². The lowest BCUT2D eigenvalue weighted by atomic mass is 10.1. The highest BCUT2D eigenvalue weighted by molar-refractivity contribution is 7.90. The van der Waals surface area contributed by atoms with Crippen LogP contribution >= 0.6 is 0 Å². The minimum atomic E-state index is -4.18. The summed E-state index contributed by atoms with van der Waals surface area (Å²) in [5.41, 5.74) is 0.134. The van der Waals surface area contributed by atoms with Crippen LogP contribution in [-0.2, 0) is 24.3 Å². The van der Waals surface area contributed by atoms with Gasteiger partial charge < -0.3 is 9.47 Å². The van der Waals surface area contributed by atoms with E-state index >= 15 is 0 Å². The second-order valence-electron chi connectivity index (χ2n) is 6.29. The third-order valence-corrected chi connectivity index (χ3v) is 6.21. The molecule has 0 bridgehead atoms. The Morgan fingerprint density at radius 1 is 1.07 bits per heavy atom. The summed E-state index contributed by atoms with van der Waals surface area (Å²) < 4.78 is 35.8. The average Bonchev–Trinajstić information content (AvgIpc) is 2.93. The zero-order chi connectivity index (χ0) is 21.9. The molecule has 0 saturated heterocycles. The van der Waals surface area contributed by atoms with E-state index in [1.54, 1.807) is 31.2 Å². The molecule has 0 spiro atoms. The monoisotopic (exact) mass is 429 g/mol. The number of methoxy groups -OCH3 is 1. The number of hydrogen-bond acceptors (Lipinski definition) is 7. The summed E-state index contributed by atoms with van der Waals surface area (Å²) in [5, 5.41) is 0. The van der Waals surface area contributed by atoms with Crippen molar-refractivity contribution in [3.05, 3.63) is 65.2 Å². The number of ether oxygens (including phenoxy) is 2. The van der Waals surface area contributed by atoms with Crippen molar-refractivity contribution in [2.24, 2.45) is 0 Å². The van der Waals surface area contributed by atoms with Gasteiger partial charge in [-0.2, -0.15) is 0 Å². The standard InChI is InChI=1S/C21H19NO7S/c1-3-29-21(25)17(12-14-8-10-15(28-2)11-9-14)18(23)13-22-20(24)16-6-4-5-7-19(16)30(22,26)27/h4-12H,3,13H2,1-2H3/b17-12-. The summed E-state index contributed by atoms with van der Waals surface area (Å²) in [6.07, 6.45) is 1.29. The maximum absolute atomic E-state index is 12.9. The molecule has 1 amide bonds. The van der Waals surface area contributed by atoms with Crippen LogP contribution in [0.15, 0.2) is 59.0 Å². The molecule has 0 N–H and O–H groups in total. The lowest BCUT2D eigenvalue weighted by molar-refractivity contribution is -0.139. The zero-order valence-corrected chi connectivity index (χ0v) is 17.1. The quantitative estimate of drug-likeness (QED) is 0.287. The van der Waals surface area contributed by atoms with Gasteiger partial charge in [-0.15, -0.1) is 0 Å². The molecule has 0 unspecified atom stereocenters. The van der Waals surface area contributed by atoms with E-state index in [0.29, 0.717) is 15.6 Å². The number of nitrogens with zero attached hydrogens (tertiary/aromatic N) is 1. The Morgan fingerprint density at radius 2 is 1.73 bits per heavy atom. The van der Waals surface area contributed by atoms with Gasteiger partial charge >= 0.3 is 5.97 Å². The molecule has 0 aromatic heterocycles. The third-order valence-electron chi connectivity index (χ3n) is 4.42. The smallest absolute Gasteiger partial charge is 0.341 e. The Morgan fingerprint density at radius 3 is 2.33 bits per heavy atom. The first-order chi connectivity index (χ1) is 14.3. The maximum atomic E-state index is 12.9. The van der Waals surface area contributed by atoms with Crippen molar-refractivity contribution in [3.63, 3.8) is 0 Å². The van der Waals surface area contributed by atoms with Crippen molar-refractivity contribution in [2.75, 3.05) is 20.3 Å². The van der Waals surface area contributed by atoms with Gasteiger partial charge in [0.1, 0.15) is 22.8 Å². The van der Waals surface area contributed by atoms with Crippen LogP contribution in [0.1, 0.15) is 22.8 Å². The molecule has 0 atom stereocenters. The highest BCUT2D eigenvalue weighted by Gasteiger charge is 2.42. The van der Waals surface area contributed by atoms with E-state index in [2.05, 4.69) is 0 Å². The largest absolute Gasteiger partial charge is 0.497 e. The summed E-state index contributed by atoms with van der Waals surface area (Å²) in [7, 11) is -2.67. The fourth-order valence-electron chi connectivity index (χ4n) is 2.93. The lowest BCUT2D eigenvalue weighted by Crippen LogP contribution is -2.36. The molecule has 30 heavy (non-hydrogen) atoms. The number of sulfonamides is 1. The van der Waals surface area contributed by atoms with E-state index < -0.39 is 34.2 Å².